The quantitative estimate of drug-likeness (QED) is 0.282. The summed E-state index contributed by atoms with van der Waals surface area (Å²) in [5.74, 6) is -2.20. The fourth-order valence-corrected chi connectivity index (χ4v) is 2.19. The van der Waals surface area contributed by atoms with E-state index in [1.807, 2.05) is 0 Å². The van der Waals surface area contributed by atoms with Crippen molar-refractivity contribution in [2.24, 2.45) is 11.7 Å². The minimum absolute atomic E-state index is 0.0947. The van der Waals surface area contributed by atoms with Gasteiger partial charge in [-0.05, 0) is 23.6 Å². The molecule has 154 valence electrons. The van der Waals surface area contributed by atoms with Gasteiger partial charge in [0.1, 0.15) is 6.04 Å². The first-order chi connectivity index (χ1) is 13.3. The van der Waals surface area contributed by atoms with Gasteiger partial charge in [-0.3, -0.25) is 19.2 Å². The maximum absolute atomic E-state index is 12.3. The topological polar surface area (TPSA) is 163 Å². The first-order valence-corrected chi connectivity index (χ1v) is 8.80. The highest BCUT2D eigenvalue weighted by Gasteiger charge is 2.24. The second-order valence-corrected chi connectivity index (χ2v) is 6.39. The van der Waals surface area contributed by atoms with Crippen LogP contribution in [0.4, 0.5) is 5.69 Å². The van der Waals surface area contributed by atoms with Gasteiger partial charge in [0.25, 0.3) is 0 Å². The first kappa shape index (κ1) is 23.1. The van der Waals surface area contributed by atoms with E-state index in [-0.39, 0.29) is 32.2 Å². The van der Waals surface area contributed by atoms with E-state index < -0.39 is 29.7 Å². The van der Waals surface area contributed by atoms with E-state index in [0.29, 0.717) is 11.3 Å². The van der Waals surface area contributed by atoms with Crippen LogP contribution in [0.25, 0.3) is 0 Å². The zero-order valence-electron chi connectivity index (χ0n) is 16.0. The van der Waals surface area contributed by atoms with E-state index in [4.69, 9.17) is 10.8 Å². The minimum atomic E-state index is -0.862. The van der Waals surface area contributed by atoms with Crippen LogP contribution < -0.4 is 27.0 Å². The fraction of sp³-hybridized carbons (Fsp3) is 0.444. The standard InChI is InChI=1S/C18H27N5O5/c1-11(2)17(23-16(27)8-20-14(25)7-19)18(28)21-9-15(26)22-13-5-3-12(10-24)4-6-13/h3-6,11,17,24H,7-10,19H2,1-2H3,(H,20,25)(H,21,28)(H,22,26)(H,23,27). The van der Waals surface area contributed by atoms with Crippen LogP contribution in [0.2, 0.25) is 0 Å². The SMILES string of the molecule is CC(C)C(NC(=O)CNC(=O)CN)C(=O)NCC(=O)Nc1ccc(CO)cc1. The summed E-state index contributed by atoms with van der Waals surface area (Å²) in [4.78, 5) is 47.2. The van der Waals surface area contributed by atoms with Crippen LogP contribution in [0, 0.1) is 5.92 Å². The molecule has 7 N–H and O–H groups in total. The molecule has 28 heavy (non-hydrogen) atoms. The number of benzene rings is 1. The molecular weight excluding hydrogens is 366 g/mol. The number of aliphatic hydroxyl groups is 1. The molecule has 0 bridgehead atoms. The van der Waals surface area contributed by atoms with Crippen molar-refractivity contribution in [3.63, 3.8) is 0 Å². The number of aliphatic hydroxyl groups excluding tert-OH is 1. The van der Waals surface area contributed by atoms with E-state index in [0.717, 1.165) is 0 Å². The molecule has 0 aliphatic rings. The lowest BCUT2D eigenvalue weighted by atomic mass is 10.0. The molecule has 1 rings (SSSR count). The van der Waals surface area contributed by atoms with Crippen molar-refractivity contribution < 1.29 is 24.3 Å². The maximum atomic E-state index is 12.3. The Morgan fingerprint density at radius 2 is 1.57 bits per heavy atom. The normalized spacial score (nSPS) is 11.5. The molecule has 0 saturated heterocycles. The van der Waals surface area contributed by atoms with Crippen LogP contribution >= 0.6 is 0 Å². The summed E-state index contributed by atoms with van der Waals surface area (Å²) in [5, 5.41) is 18.9. The number of nitrogens with one attached hydrogen (secondary N) is 4. The number of hydrogen-bond acceptors (Lipinski definition) is 6. The number of nitrogens with two attached hydrogens (primary N) is 1. The van der Waals surface area contributed by atoms with Crippen LogP contribution in [0.15, 0.2) is 24.3 Å². The lowest BCUT2D eigenvalue weighted by molar-refractivity contribution is -0.131. The van der Waals surface area contributed by atoms with Crippen molar-refractivity contribution in [2.75, 3.05) is 25.0 Å². The molecule has 10 heteroatoms. The molecule has 0 heterocycles. The lowest BCUT2D eigenvalue weighted by Gasteiger charge is -2.21. The van der Waals surface area contributed by atoms with Crippen molar-refractivity contribution in [3.05, 3.63) is 29.8 Å². The molecule has 1 atom stereocenters. The zero-order chi connectivity index (χ0) is 21.1. The molecule has 10 nitrogen and oxygen atoms in total. The summed E-state index contributed by atoms with van der Waals surface area (Å²) in [5.41, 5.74) is 6.38. The Morgan fingerprint density at radius 1 is 0.964 bits per heavy atom. The fourth-order valence-electron chi connectivity index (χ4n) is 2.19. The maximum Gasteiger partial charge on any atom is 0.243 e. The van der Waals surface area contributed by atoms with Crippen molar-refractivity contribution >= 4 is 29.3 Å². The van der Waals surface area contributed by atoms with E-state index in [9.17, 15) is 19.2 Å². The molecule has 0 aliphatic carbocycles. The lowest BCUT2D eigenvalue weighted by Crippen LogP contribution is -2.53. The number of rotatable bonds is 10. The highest BCUT2D eigenvalue weighted by atomic mass is 16.3. The third kappa shape index (κ3) is 8.14. The van der Waals surface area contributed by atoms with Gasteiger partial charge >= 0.3 is 0 Å². The number of anilines is 1. The van der Waals surface area contributed by atoms with Crippen molar-refractivity contribution in [1.29, 1.82) is 0 Å². The van der Waals surface area contributed by atoms with Crippen LogP contribution in [0.5, 0.6) is 0 Å². The van der Waals surface area contributed by atoms with Gasteiger partial charge < -0.3 is 32.1 Å². The monoisotopic (exact) mass is 393 g/mol. The van der Waals surface area contributed by atoms with Crippen LogP contribution in [-0.4, -0.2) is 54.4 Å². The summed E-state index contributed by atoms with van der Waals surface area (Å²) < 4.78 is 0. The van der Waals surface area contributed by atoms with Gasteiger partial charge in [0.15, 0.2) is 0 Å². The third-order valence-corrected chi connectivity index (χ3v) is 3.74. The van der Waals surface area contributed by atoms with Gasteiger partial charge in [-0.25, -0.2) is 0 Å². The Morgan fingerprint density at radius 3 is 2.11 bits per heavy atom. The van der Waals surface area contributed by atoms with Gasteiger partial charge in [-0.2, -0.15) is 0 Å². The summed E-state index contributed by atoms with van der Waals surface area (Å²) in [6.45, 7) is 2.58. The first-order valence-electron chi connectivity index (χ1n) is 8.80. The number of carbonyl (C=O) groups excluding carboxylic acids is 4. The predicted molar refractivity (Wildman–Crippen MR) is 103 cm³/mol. The number of amides is 4. The van der Waals surface area contributed by atoms with Gasteiger partial charge in [-0.1, -0.05) is 26.0 Å². The van der Waals surface area contributed by atoms with Crippen LogP contribution in [0.1, 0.15) is 19.4 Å². The molecule has 0 saturated carbocycles. The molecule has 0 aliphatic heterocycles. The Kier molecular flexibility index (Phi) is 9.61. The summed E-state index contributed by atoms with van der Waals surface area (Å²) >= 11 is 0. The van der Waals surface area contributed by atoms with Crippen molar-refractivity contribution in [2.45, 2.75) is 26.5 Å². The molecular formula is C18H27N5O5. The molecule has 0 radical (unpaired) electrons. The van der Waals surface area contributed by atoms with E-state index >= 15 is 0 Å². The molecule has 4 amide bonds. The molecule has 0 aromatic heterocycles. The molecule has 1 unspecified atom stereocenters. The Balaban J connectivity index is 2.50. The average Bonchev–Trinajstić information content (AvgIpc) is 2.68. The Labute approximate surface area is 163 Å². The van der Waals surface area contributed by atoms with E-state index in [1.165, 1.54) is 0 Å². The van der Waals surface area contributed by atoms with Gasteiger partial charge in [0.05, 0.1) is 26.2 Å². The zero-order valence-corrected chi connectivity index (χ0v) is 16.0. The van der Waals surface area contributed by atoms with Crippen molar-refractivity contribution in [1.82, 2.24) is 16.0 Å². The second-order valence-electron chi connectivity index (χ2n) is 6.39. The molecule has 0 fully saturated rings. The number of carbonyl (C=O) groups is 4. The Hall–Kier alpha value is -2.98. The van der Waals surface area contributed by atoms with Gasteiger partial charge in [0.2, 0.25) is 23.6 Å². The molecule has 0 spiro atoms. The third-order valence-electron chi connectivity index (χ3n) is 3.74. The van der Waals surface area contributed by atoms with Gasteiger partial charge in [-0.15, -0.1) is 0 Å². The average molecular weight is 393 g/mol. The highest BCUT2D eigenvalue weighted by Crippen LogP contribution is 2.09. The van der Waals surface area contributed by atoms with Crippen LogP contribution in [-0.2, 0) is 25.8 Å². The molecule has 1 aromatic carbocycles. The second kappa shape index (κ2) is 11.7. The predicted octanol–water partition coefficient (Wildman–Crippen LogP) is -1.55. The highest BCUT2D eigenvalue weighted by molar-refractivity contribution is 5.96. The smallest absolute Gasteiger partial charge is 0.243 e. The largest absolute Gasteiger partial charge is 0.392 e. The number of hydrogen-bond donors (Lipinski definition) is 6. The van der Waals surface area contributed by atoms with E-state index in [2.05, 4.69) is 21.3 Å². The van der Waals surface area contributed by atoms with Gasteiger partial charge in [0, 0.05) is 5.69 Å². The van der Waals surface area contributed by atoms with Crippen LogP contribution in [0.3, 0.4) is 0 Å². The summed E-state index contributed by atoms with van der Waals surface area (Å²) in [7, 11) is 0. The summed E-state index contributed by atoms with van der Waals surface area (Å²) in [6.07, 6.45) is 0. The molecule has 1 aromatic rings. The minimum Gasteiger partial charge on any atom is -0.392 e. The van der Waals surface area contributed by atoms with Crippen molar-refractivity contribution in [3.8, 4) is 0 Å². The van der Waals surface area contributed by atoms with E-state index in [1.54, 1.807) is 38.1 Å². The Bertz CT molecular complexity index is 690. The summed E-state index contributed by atoms with van der Waals surface area (Å²) in [6, 6.07) is 5.75.